The number of hydrogen-bond donors (Lipinski definition) is 3. The van der Waals surface area contributed by atoms with Gasteiger partial charge in [-0.15, -0.1) is 0 Å². The van der Waals surface area contributed by atoms with Gasteiger partial charge in [-0.3, -0.25) is 9.59 Å². The van der Waals surface area contributed by atoms with Crippen LogP contribution in [0.2, 0.25) is 0 Å². The lowest BCUT2D eigenvalue weighted by Crippen LogP contribution is -2.55. The van der Waals surface area contributed by atoms with Crippen LogP contribution in [0.15, 0.2) is 0 Å². The average molecular weight is 303 g/mol. The molecule has 0 aromatic rings. The maximum atomic E-state index is 11.7. The van der Waals surface area contributed by atoms with Crippen LogP contribution in [0.3, 0.4) is 0 Å². The van der Waals surface area contributed by atoms with E-state index in [2.05, 4.69) is 16.0 Å². The van der Waals surface area contributed by atoms with Gasteiger partial charge in [-0.2, -0.15) is 0 Å². The fourth-order valence-electron chi connectivity index (χ4n) is 1.40. The number of likely N-dealkylation sites (N-methyl/N-ethyl adjacent to an activating group) is 2. The SMILES string of the molecule is CCCOCCOC(=O)NC(C(=O)NCC)C(=O)NCC. The Bertz CT molecular complexity index is 318. The smallest absolute Gasteiger partial charge is 0.408 e. The third-order valence-electron chi connectivity index (χ3n) is 2.30. The predicted molar refractivity (Wildman–Crippen MR) is 76.7 cm³/mol. The number of nitrogens with one attached hydrogen (secondary N) is 3. The topological polar surface area (TPSA) is 106 Å². The quantitative estimate of drug-likeness (QED) is 0.382. The van der Waals surface area contributed by atoms with Crippen LogP contribution < -0.4 is 16.0 Å². The minimum absolute atomic E-state index is 0.0589. The molecule has 0 atom stereocenters. The maximum Gasteiger partial charge on any atom is 0.408 e. The Morgan fingerprint density at radius 2 is 1.48 bits per heavy atom. The van der Waals surface area contributed by atoms with Gasteiger partial charge in [0.05, 0.1) is 6.61 Å². The molecule has 0 fully saturated rings. The molecule has 0 rings (SSSR count). The number of alkyl carbamates (subject to hydrolysis) is 1. The number of ether oxygens (including phenoxy) is 2. The number of amides is 3. The number of hydrogen-bond acceptors (Lipinski definition) is 5. The van der Waals surface area contributed by atoms with E-state index in [0.717, 1.165) is 6.42 Å². The van der Waals surface area contributed by atoms with Gasteiger partial charge in [-0.05, 0) is 20.3 Å². The van der Waals surface area contributed by atoms with Crippen molar-refractivity contribution in [1.29, 1.82) is 0 Å². The Balaban J connectivity index is 4.28. The molecular formula is C13H25N3O5. The standard InChI is InChI=1S/C13H25N3O5/c1-4-7-20-8-9-21-13(19)16-10(11(17)14-5-2)12(18)15-6-3/h10H,4-9H2,1-3H3,(H,14,17)(H,15,18)(H,16,19). The van der Waals surface area contributed by atoms with Crippen LogP contribution >= 0.6 is 0 Å². The van der Waals surface area contributed by atoms with E-state index in [1.165, 1.54) is 0 Å². The summed E-state index contributed by atoms with van der Waals surface area (Å²) in [5.74, 6) is -1.16. The molecule has 0 aromatic heterocycles. The minimum atomic E-state index is -1.31. The first-order valence-electron chi connectivity index (χ1n) is 7.13. The monoisotopic (exact) mass is 303 g/mol. The van der Waals surface area contributed by atoms with Gasteiger partial charge in [-0.1, -0.05) is 6.92 Å². The summed E-state index contributed by atoms with van der Waals surface area (Å²) in [6.07, 6.45) is 0.0421. The van der Waals surface area contributed by atoms with Gasteiger partial charge in [0.2, 0.25) is 0 Å². The van der Waals surface area contributed by atoms with Crippen molar-refractivity contribution in [2.24, 2.45) is 0 Å². The Labute approximate surface area is 124 Å². The Morgan fingerprint density at radius 3 is 1.95 bits per heavy atom. The third kappa shape index (κ3) is 8.85. The van der Waals surface area contributed by atoms with Gasteiger partial charge in [0.1, 0.15) is 6.61 Å². The van der Waals surface area contributed by atoms with Gasteiger partial charge in [0.25, 0.3) is 11.8 Å². The third-order valence-corrected chi connectivity index (χ3v) is 2.30. The van der Waals surface area contributed by atoms with Crippen molar-refractivity contribution in [3.05, 3.63) is 0 Å². The van der Waals surface area contributed by atoms with E-state index < -0.39 is 23.9 Å². The van der Waals surface area contributed by atoms with Crippen LogP contribution in [-0.2, 0) is 19.1 Å². The van der Waals surface area contributed by atoms with E-state index >= 15 is 0 Å². The van der Waals surface area contributed by atoms with Crippen molar-refractivity contribution < 1.29 is 23.9 Å². The van der Waals surface area contributed by atoms with Crippen LogP contribution in [0.25, 0.3) is 0 Å². The molecule has 0 bridgehead atoms. The molecule has 3 N–H and O–H groups in total. The van der Waals surface area contributed by atoms with E-state index in [4.69, 9.17) is 9.47 Å². The van der Waals surface area contributed by atoms with Crippen molar-refractivity contribution in [1.82, 2.24) is 16.0 Å². The van der Waals surface area contributed by atoms with Crippen molar-refractivity contribution in [2.75, 3.05) is 32.9 Å². The zero-order valence-corrected chi connectivity index (χ0v) is 12.9. The second-order valence-corrected chi connectivity index (χ2v) is 4.11. The van der Waals surface area contributed by atoms with Crippen LogP contribution in [0.1, 0.15) is 27.2 Å². The molecule has 8 nitrogen and oxygen atoms in total. The van der Waals surface area contributed by atoms with Gasteiger partial charge < -0.3 is 25.4 Å². The first kappa shape index (κ1) is 19.2. The summed E-state index contributed by atoms with van der Waals surface area (Å²) in [6.45, 7) is 7.04. The highest BCUT2D eigenvalue weighted by atomic mass is 16.6. The fourth-order valence-corrected chi connectivity index (χ4v) is 1.40. The van der Waals surface area contributed by atoms with Crippen LogP contribution in [0.5, 0.6) is 0 Å². The molecule has 0 unspecified atom stereocenters. The summed E-state index contributed by atoms with van der Waals surface area (Å²) in [5.41, 5.74) is 0. The van der Waals surface area contributed by atoms with Crippen LogP contribution in [-0.4, -0.2) is 56.9 Å². The lowest BCUT2D eigenvalue weighted by atomic mass is 10.2. The summed E-state index contributed by atoms with van der Waals surface area (Å²) in [7, 11) is 0. The molecule has 0 aliphatic carbocycles. The minimum Gasteiger partial charge on any atom is -0.447 e. The van der Waals surface area contributed by atoms with Crippen molar-refractivity contribution in [3.63, 3.8) is 0 Å². The van der Waals surface area contributed by atoms with Crippen LogP contribution in [0, 0.1) is 0 Å². The lowest BCUT2D eigenvalue weighted by Gasteiger charge is -2.17. The normalized spacial score (nSPS) is 10.1. The molecule has 122 valence electrons. The van der Waals surface area contributed by atoms with E-state index in [1.54, 1.807) is 13.8 Å². The van der Waals surface area contributed by atoms with Crippen molar-refractivity contribution in [3.8, 4) is 0 Å². The van der Waals surface area contributed by atoms with Gasteiger partial charge >= 0.3 is 6.09 Å². The lowest BCUT2D eigenvalue weighted by molar-refractivity contribution is -0.132. The molecule has 0 saturated carbocycles. The second-order valence-electron chi connectivity index (χ2n) is 4.11. The molecule has 0 spiro atoms. The van der Waals surface area contributed by atoms with E-state index in [1.807, 2.05) is 6.92 Å². The number of carbonyl (C=O) groups is 3. The van der Waals surface area contributed by atoms with E-state index in [0.29, 0.717) is 19.7 Å². The van der Waals surface area contributed by atoms with E-state index in [9.17, 15) is 14.4 Å². The zero-order chi connectivity index (χ0) is 16.1. The van der Waals surface area contributed by atoms with Crippen LogP contribution in [0.4, 0.5) is 4.79 Å². The molecular weight excluding hydrogens is 278 g/mol. The molecule has 3 amide bonds. The average Bonchev–Trinajstić information content (AvgIpc) is 2.45. The molecule has 0 radical (unpaired) electrons. The second kappa shape index (κ2) is 12.0. The molecule has 21 heavy (non-hydrogen) atoms. The molecule has 0 aliphatic rings. The molecule has 0 saturated heterocycles. The first-order chi connectivity index (χ1) is 10.1. The number of carbonyl (C=O) groups excluding carboxylic acids is 3. The van der Waals surface area contributed by atoms with Gasteiger partial charge in [-0.25, -0.2) is 4.79 Å². The molecule has 0 aromatic carbocycles. The summed E-state index contributed by atoms with van der Waals surface area (Å²) in [4.78, 5) is 35.0. The Hall–Kier alpha value is -1.83. The van der Waals surface area contributed by atoms with Crippen molar-refractivity contribution >= 4 is 17.9 Å². The number of rotatable bonds is 10. The van der Waals surface area contributed by atoms with E-state index in [-0.39, 0.29) is 13.2 Å². The summed E-state index contributed by atoms with van der Waals surface area (Å²) < 4.78 is 9.99. The highest BCUT2D eigenvalue weighted by molar-refractivity contribution is 6.06. The predicted octanol–water partition coefficient (Wildman–Crippen LogP) is -0.220. The van der Waals surface area contributed by atoms with Crippen molar-refractivity contribution in [2.45, 2.75) is 33.2 Å². The Kier molecular flexibility index (Phi) is 10.9. The largest absolute Gasteiger partial charge is 0.447 e. The fraction of sp³-hybridized carbons (Fsp3) is 0.769. The molecule has 0 aliphatic heterocycles. The first-order valence-corrected chi connectivity index (χ1v) is 7.13. The summed E-state index contributed by atoms with van der Waals surface area (Å²) in [5, 5.41) is 7.20. The molecule has 8 heteroatoms. The van der Waals surface area contributed by atoms with Gasteiger partial charge in [0.15, 0.2) is 6.04 Å². The summed E-state index contributed by atoms with van der Waals surface area (Å²) in [6, 6.07) is -1.31. The highest BCUT2D eigenvalue weighted by Crippen LogP contribution is 1.90. The highest BCUT2D eigenvalue weighted by Gasteiger charge is 2.28. The maximum absolute atomic E-state index is 11.7. The van der Waals surface area contributed by atoms with Gasteiger partial charge in [0, 0.05) is 19.7 Å². The Morgan fingerprint density at radius 1 is 0.905 bits per heavy atom. The molecule has 0 heterocycles. The zero-order valence-electron chi connectivity index (χ0n) is 12.9. The summed E-state index contributed by atoms with van der Waals surface area (Å²) >= 11 is 0.